The Kier molecular flexibility index (Phi) is 5.44. The molecule has 4 rings (SSSR count). The molecule has 3 aromatic rings. The van der Waals surface area contributed by atoms with Crippen molar-refractivity contribution < 1.29 is 13.2 Å². The number of aryl methyl sites for hydroxylation is 1. The molecule has 8 nitrogen and oxygen atoms in total. The van der Waals surface area contributed by atoms with Crippen molar-refractivity contribution in [2.24, 2.45) is 0 Å². The third-order valence-corrected chi connectivity index (χ3v) is 6.47. The fourth-order valence-corrected chi connectivity index (χ4v) is 4.48. The van der Waals surface area contributed by atoms with Gasteiger partial charge in [-0.2, -0.15) is 5.10 Å². The molecular formula is C20H21N5O3S2. The molecule has 2 aromatic carbocycles. The summed E-state index contributed by atoms with van der Waals surface area (Å²) in [5.41, 5.74) is 1.73. The quantitative estimate of drug-likeness (QED) is 0.486. The Bertz CT molecular complexity index is 1240. The Morgan fingerprint density at radius 1 is 1.23 bits per heavy atom. The van der Waals surface area contributed by atoms with Crippen LogP contribution in [-0.4, -0.2) is 29.1 Å². The molecule has 1 heterocycles. The Balaban J connectivity index is 1.47. The molecule has 1 aromatic heterocycles. The second kappa shape index (κ2) is 8.04. The van der Waals surface area contributed by atoms with Gasteiger partial charge in [-0.25, -0.2) is 8.42 Å². The lowest BCUT2D eigenvalue weighted by atomic mass is 10.2. The highest BCUT2D eigenvalue weighted by Crippen LogP contribution is 2.35. The number of aromatic amines is 1. The molecule has 0 atom stereocenters. The van der Waals surface area contributed by atoms with Crippen LogP contribution in [0.5, 0.6) is 0 Å². The fourth-order valence-electron chi connectivity index (χ4n) is 3.07. The molecular weight excluding hydrogens is 422 g/mol. The Morgan fingerprint density at radius 3 is 2.67 bits per heavy atom. The summed E-state index contributed by atoms with van der Waals surface area (Å²) in [7, 11) is -3.82. The lowest BCUT2D eigenvalue weighted by Gasteiger charge is -2.10. The molecule has 1 aliphatic carbocycles. The van der Waals surface area contributed by atoms with Gasteiger partial charge in [0.25, 0.3) is 15.9 Å². The fraction of sp³-hybridized carbons (Fsp3) is 0.250. The van der Waals surface area contributed by atoms with E-state index in [-0.39, 0.29) is 17.0 Å². The van der Waals surface area contributed by atoms with Gasteiger partial charge < -0.3 is 5.32 Å². The average molecular weight is 444 g/mol. The van der Waals surface area contributed by atoms with Crippen molar-refractivity contribution in [3.05, 3.63) is 70.3 Å². The maximum Gasteiger partial charge on any atom is 0.261 e. The first-order valence-corrected chi connectivity index (χ1v) is 11.4. The molecule has 156 valence electrons. The molecule has 1 saturated carbocycles. The van der Waals surface area contributed by atoms with E-state index in [9.17, 15) is 13.2 Å². The van der Waals surface area contributed by atoms with E-state index < -0.39 is 15.9 Å². The first-order chi connectivity index (χ1) is 14.3. The minimum Gasteiger partial charge on any atom is -0.345 e. The van der Waals surface area contributed by atoms with E-state index in [1.54, 1.807) is 24.3 Å². The Morgan fingerprint density at radius 2 is 1.97 bits per heavy atom. The second-order valence-electron chi connectivity index (χ2n) is 7.23. The summed E-state index contributed by atoms with van der Waals surface area (Å²) in [5.74, 6) is 0.263. The summed E-state index contributed by atoms with van der Waals surface area (Å²) in [6, 6.07) is 13.3. The molecule has 10 heteroatoms. The van der Waals surface area contributed by atoms with Crippen LogP contribution in [0.1, 0.15) is 40.6 Å². The molecule has 0 unspecified atom stereocenters. The number of amides is 1. The number of rotatable bonds is 7. The summed E-state index contributed by atoms with van der Waals surface area (Å²) >= 11 is 5.24. The van der Waals surface area contributed by atoms with Crippen LogP contribution >= 0.6 is 12.2 Å². The van der Waals surface area contributed by atoms with Crippen molar-refractivity contribution in [1.82, 2.24) is 20.1 Å². The normalized spacial score (nSPS) is 13.8. The molecule has 0 aliphatic heterocycles. The van der Waals surface area contributed by atoms with Gasteiger partial charge in [0, 0.05) is 17.3 Å². The number of H-pyrrole nitrogens is 1. The van der Waals surface area contributed by atoms with Gasteiger partial charge in [0.1, 0.15) is 0 Å². The first-order valence-electron chi connectivity index (χ1n) is 9.47. The van der Waals surface area contributed by atoms with Crippen LogP contribution in [0.4, 0.5) is 5.69 Å². The highest BCUT2D eigenvalue weighted by molar-refractivity contribution is 7.92. The summed E-state index contributed by atoms with van der Waals surface area (Å²) in [4.78, 5) is 12.6. The number of nitrogens with zero attached hydrogens (tertiary/aromatic N) is 2. The highest BCUT2D eigenvalue weighted by Gasteiger charge is 2.27. The predicted octanol–water partition coefficient (Wildman–Crippen LogP) is 3.31. The molecule has 3 N–H and O–H groups in total. The molecule has 0 saturated heterocycles. The van der Waals surface area contributed by atoms with Gasteiger partial charge in [-0.05, 0) is 62.3 Å². The first kappa shape index (κ1) is 20.3. The third kappa shape index (κ3) is 4.44. The minimum atomic E-state index is -3.82. The van der Waals surface area contributed by atoms with Crippen molar-refractivity contribution >= 4 is 33.8 Å². The van der Waals surface area contributed by atoms with Crippen LogP contribution < -0.4 is 10.0 Å². The topological polar surface area (TPSA) is 109 Å². The van der Waals surface area contributed by atoms with Gasteiger partial charge in [0.05, 0.1) is 11.4 Å². The Hall–Kier alpha value is -2.98. The molecule has 0 bridgehead atoms. The minimum absolute atomic E-state index is 0.0105. The van der Waals surface area contributed by atoms with Crippen LogP contribution in [0.15, 0.2) is 53.4 Å². The number of carbonyl (C=O) groups excluding carboxylic acids is 1. The van der Waals surface area contributed by atoms with E-state index in [0.717, 1.165) is 18.4 Å². The van der Waals surface area contributed by atoms with Crippen LogP contribution in [0.2, 0.25) is 0 Å². The average Bonchev–Trinajstić information content (AvgIpc) is 3.50. The smallest absolute Gasteiger partial charge is 0.261 e. The van der Waals surface area contributed by atoms with Crippen molar-refractivity contribution in [3.63, 3.8) is 0 Å². The molecule has 30 heavy (non-hydrogen) atoms. The summed E-state index contributed by atoms with van der Waals surface area (Å²) in [5, 5.41) is 9.71. The van der Waals surface area contributed by atoms with Crippen LogP contribution in [0.3, 0.4) is 0 Å². The van der Waals surface area contributed by atoms with Gasteiger partial charge in [0.2, 0.25) is 0 Å². The van der Waals surface area contributed by atoms with E-state index in [1.807, 2.05) is 23.6 Å². The van der Waals surface area contributed by atoms with Crippen LogP contribution in [0.25, 0.3) is 0 Å². The van der Waals surface area contributed by atoms with E-state index in [2.05, 4.69) is 20.2 Å². The molecule has 0 radical (unpaired) electrons. The van der Waals surface area contributed by atoms with E-state index >= 15 is 0 Å². The number of hydrogen-bond donors (Lipinski definition) is 3. The van der Waals surface area contributed by atoms with Crippen LogP contribution in [0, 0.1) is 11.7 Å². The molecule has 1 amide bonds. The van der Waals surface area contributed by atoms with Gasteiger partial charge in [-0.3, -0.25) is 19.2 Å². The van der Waals surface area contributed by atoms with Crippen molar-refractivity contribution in [2.75, 3.05) is 4.72 Å². The van der Waals surface area contributed by atoms with Crippen molar-refractivity contribution in [2.45, 2.75) is 37.2 Å². The van der Waals surface area contributed by atoms with Gasteiger partial charge in [0.15, 0.2) is 10.6 Å². The number of sulfonamides is 1. The standard InChI is InChI=1S/C20H21N5O3S2/c1-13-5-7-15(8-6-13)24-30(27,28)17-4-2-3-14(11-17)19(26)21-12-18-22-23-20(29)25(18)16-9-10-16/h2-8,11,16,24H,9-10,12H2,1H3,(H,21,26)(H,23,29). The summed E-state index contributed by atoms with van der Waals surface area (Å²) < 4.78 is 30.4. The largest absolute Gasteiger partial charge is 0.345 e. The number of hydrogen-bond acceptors (Lipinski definition) is 5. The molecule has 0 spiro atoms. The van der Waals surface area contributed by atoms with E-state index in [1.165, 1.54) is 12.1 Å². The molecule has 1 fully saturated rings. The van der Waals surface area contributed by atoms with Gasteiger partial charge in [-0.15, -0.1) is 0 Å². The zero-order valence-electron chi connectivity index (χ0n) is 16.3. The number of carbonyl (C=O) groups is 1. The zero-order valence-corrected chi connectivity index (χ0v) is 17.9. The number of benzene rings is 2. The monoisotopic (exact) mass is 443 g/mol. The number of aromatic nitrogens is 3. The summed E-state index contributed by atoms with van der Waals surface area (Å²) in [6.45, 7) is 2.12. The van der Waals surface area contributed by atoms with Crippen molar-refractivity contribution in [3.8, 4) is 0 Å². The SMILES string of the molecule is Cc1ccc(NS(=O)(=O)c2cccc(C(=O)NCc3n[nH]c(=S)n3C3CC3)c2)cc1. The number of anilines is 1. The Labute approximate surface area is 179 Å². The molecule has 1 aliphatic rings. The second-order valence-corrected chi connectivity index (χ2v) is 9.30. The van der Waals surface area contributed by atoms with Gasteiger partial charge >= 0.3 is 0 Å². The predicted molar refractivity (Wildman–Crippen MR) is 115 cm³/mol. The maximum absolute atomic E-state index is 12.7. The van der Waals surface area contributed by atoms with E-state index in [0.29, 0.717) is 22.3 Å². The lowest BCUT2D eigenvalue weighted by molar-refractivity contribution is 0.0949. The zero-order chi connectivity index (χ0) is 21.3. The highest BCUT2D eigenvalue weighted by atomic mass is 32.2. The third-order valence-electron chi connectivity index (χ3n) is 4.81. The summed E-state index contributed by atoms with van der Waals surface area (Å²) in [6.07, 6.45) is 2.09. The maximum atomic E-state index is 12.7. The van der Waals surface area contributed by atoms with Crippen LogP contribution in [-0.2, 0) is 16.6 Å². The van der Waals surface area contributed by atoms with Crippen molar-refractivity contribution in [1.29, 1.82) is 0 Å². The van der Waals surface area contributed by atoms with Gasteiger partial charge in [-0.1, -0.05) is 23.8 Å². The number of nitrogens with one attached hydrogen (secondary N) is 3. The van der Waals surface area contributed by atoms with E-state index in [4.69, 9.17) is 12.2 Å². The lowest BCUT2D eigenvalue weighted by Crippen LogP contribution is -2.25.